The zero-order valence-electron chi connectivity index (χ0n) is 14.3. The van der Waals surface area contributed by atoms with Crippen LogP contribution >= 0.6 is 0 Å². The number of hydrogen-bond donors (Lipinski definition) is 1. The van der Waals surface area contributed by atoms with Crippen molar-refractivity contribution in [3.05, 3.63) is 0 Å². The molecule has 0 spiro atoms. The van der Waals surface area contributed by atoms with Gasteiger partial charge in [-0.15, -0.1) is 0 Å². The first-order valence-electron chi connectivity index (χ1n) is 9.63. The smallest absolute Gasteiger partial charge is 0.0337 e. The molecule has 0 aromatic carbocycles. The molecule has 3 aliphatic rings. The maximum Gasteiger partial charge on any atom is 0.0337 e. The molecule has 2 heteroatoms. The monoisotopic (exact) mass is 292 g/mol. The first kappa shape index (κ1) is 15.8. The van der Waals surface area contributed by atoms with Crippen molar-refractivity contribution in [1.29, 1.82) is 0 Å². The Labute approximate surface area is 131 Å². The Hall–Kier alpha value is -0.0800. The van der Waals surface area contributed by atoms with Crippen molar-refractivity contribution in [2.24, 2.45) is 23.5 Å². The summed E-state index contributed by atoms with van der Waals surface area (Å²) in [6.07, 6.45) is 14.3. The van der Waals surface area contributed by atoms with Crippen LogP contribution in [0.2, 0.25) is 0 Å². The van der Waals surface area contributed by atoms with Crippen LogP contribution in [0.15, 0.2) is 0 Å². The van der Waals surface area contributed by atoms with Crippen LogP contribution in [0.4, 0.5) is 0 Å². The summed E-state index contributed by atoms with van der Waals surface area (Å²) in [6, 6.07) is 0.863. The molecule has 1 aliphatic heterocycles. The van der Waals surface area contributed by atoms with Crippen molar-refractivity contribution >= 4 is 0 Å². The predicted molar refractivity (Wildman–Crippen MR) is 90.3 cm³/mol. The highest BCUT2D eigenvalue weighted by Gasteiger charge is 2.47. The average Bonchev–Trinajstić information content (AvgIpc) is 3.17. The van der Waals surface area contributed by atoms with E-state index in [2.05, 4.69) is 18.7 Å². The highest BCUT2D eigenvalue weighted by Crippen LogP contribution is 2.45. The van der Waals surface area contributed by atoms with Gasteiger partial charge in [-0.3, -0.25) is 4.90 Å². The molecule has 0 radical (unpaired) electrons. The zero-order chi connectivity index (χ0) is 14.9. The lowest BCUT2D eigenvalue weighted by molar-refractivity contribution is 0.000335. The Kier molecular flexibility index (Phi) is 4.95. The van der Waals surface area contributed by atoms with E-state index in [0.717, 1.165) is 30.3 Å². The van der Waals surface area contributed by atoms with Gasteiger partial charge in [0.2, 0.25) is 0 Å². The maximum atomic E-state index is 6.40. The summed E-state index contributed by atoms with van der Waals surface area (Å²) in [5.74, 6) is 2.70. The highest BCUT2D eigenvalue weighted by molar-refractivity contribution is 5.03. The van der Waals surface area contributed by atoms with Crippen LogP contribution in [-0.2, 0) is 0 Å². The largest absolute Gasteiger partial charge is 0.329 e. The molecule has 0 aromatic heterocycles. The van der Waals surface area contributed by atoms with Crippen LogP contribution < -0.4 is 5.73 Å². The molecular formula is C19H36N2. The molecule has 2 N–H and O–H groups in total. The van der Waals surface area contributed by atoms with E-state index in [-0.39, 0.29) is 0 Å². The van der Waals surface area contributed by atoms with Crippen molar-refractivity contribution in [2.75, 3.05) is 13.1 Å². The molecule has 122 valence electrons. The quantitative estimate of drug-likeness (QED) is 0.842. The Balaban J connectivity index is 1.77. The summed E-state index contributed by atoms with van der Waals surface area (Å²) in [5, 5.41) is 0. The lowest BCUT2D eigenvalue weighted by Crippen LogP contribution is -2.59. The Morgan fingerprint density at radius 3 is 2.48 bits per heavy atom. The Morgan fingerprint density at radius 1 is 1.05 bits per heavy atom. The van der Waals surface area contributed by atoms with Crippen LogP contribution in [0.5, 0.6) is 0 Å². The molecule has 3 fully saturated rings. The molecule has 21 heavy (non-hydrogen) atoms. The van der Waals surface area contributed by atoms with E-state index in [1.165, 1.54) is 70.8 Å². The first-order chi connectivity index (χ1) is 10.2. The van der Waals surface area contributed by atoms with Gasteiger partial charge >= 0.3 is 0 Å². The van der Waals surface area contributed by atoms with Gasteiger partial charge in [0.25, 0.3) is 0 Å². The second kappa shape index (κ2) is 6.58. The summed E-state index contributed by atoms with van der Waals surface area (Å²) in [4.78, 5) is 2.93. The molecular weight excluding hydrogens is 256 g/mol. The Morgan fingerprint density at radius 2 is 1.81 bits per heavy atom. The van der Waals surface area contributed by atoms with Crippen LogP contribution in [-0.4, -0.2) is 29.6 Å². The van der Waals surface area contributed by atoms with E-state index in [1.54, 1.807) is 0 Å². The number of hydrogen-bond acceptors (Lipinski definition) is 2. The summed E-state index contributed by atoms with van der Waals surface area (Å²) in [6.45, 7) is 7.04. The van der Waals surface area contributed by atoms with Gasteiger partial charge in [0, 0.05) is 18.1 Å². The van der Waals surface area contributed by atoms with Crippen molar-refractivity contribution in [1.82, 2.24) is 4.90 Å². The third-order valence-corrected chi connectivity index (χ3v) is 7.03. The van der Waals surface area contributed by atoms with Gasteiger partial charge in [-0.2, -0.15) is 0 Å². The molecule has 0 aromatic rings. The SMILES string of the molecule is CC(C)C1CCCC(CN)(N2CCCC2C2CCCC2)C1. The van der Waals surface area contributed by atoms with Crippen LogP contribution in [0.3, 0.4) is 0 Å². The van der Waals surface area contributed by atoms with Gasteiger partial charge < -0.3 is 5.73 Å². The third kappa shape index (κ3) is 3.03. The lowest BCUT2D eigenvalue weighted by Gasteiger charge is -2.51. The highest BCUT2D eigenvalue weighted by atomic mass is 15.3. The molecule has 3 atom stereocenters. The van der Waals surface area contributed by atoms with Gasteiger partial charge in [0.1, 0.15) is 0 Å². The fraction of sp³-hybridized carbons (Fsp3) is 1.00. The summed E-state index contributed by atoms with van der Waals surface area (Å²) in [7, 11) is 0. The maximum absolute atomic E-state index is 6.40. The minimum atomic E-state index is 0.344. The van der Waals surface area contributed by atoms with E-state index in [1.807, 2.05) is 0 Å². The van der Waals surface area contributed by atoms with Crippen LogP contribution in [0.25, 0.3) is 0 Å². The van der Waals surface area contributed by atoms with Crippen molar-refractivity contribution in [3.8, 4) is 0 Å². The molecule has 0 bridgehead atoms. The predicted octanol–water partition coefficient (Wildman–Crippen LogP) is 4.18. The summed E-state index contributed by atoms with van der Waals surface area (Å²) < 4.78 is 0. The molecule has 3 rings (SSSR count). The molecule has 2 aliphatic carbocycles. The number of nitrogens with two attached hydrogens (primary N) is 1. The molecule has 2 nitrogen and oxygen atoms in total. The van der Waals surface area contributed by atoms with Crippen molar-refractivity contribution in [3.63, 3.8) is 0 Å². The molecule has 0 amide bonds. The van der Waals surface area contributed by atoms with E-state index in [4.69, 9.17) is 5.73 Å². The fourth-order valence-electron chi connectivity index (χ4n) is 5.73. The Bertz CT molecular complexity index is 334. The third-order valence-electron chi connectivity index (χ3n) is 7.03. The number of rotatable bonds is 4. The number of nitrogens with zero attached hydrogens (tertiary/aromatic N) is 1. The molecule has 2 saturated carbocycles. The van der Waals surface area contributed by atoms with E-state index in [9.17, 15) is 0 Å². The number of likely N-dealkylation sites (tertiary alicyclic amines) is 1. The van der Waals surface area contributed by atoms with Crippen LogP contribution in [0.1, 0.15) is 78.1 Å². The molecule has 1 saturated heterocycles. The summed E-state index contributed by atoms with van der Waals surface area (Å²) in [5.41, 5.74) is 6.74. The van der Waals surface area contributed by atoms with Crippen LogP contribution in [0, 0.1) is 17.8 Å². The summed E-state index contributed by atoms with van der Waals surface area (Å²) >= 11 is 0. The fourth-order valence-corrected chi connectivity index (χ4v) is 5.73. The van der Waals surface area contributed by atoms with Gasteiger partial charge in [0.05, 0.1) is 0 Å². The minimum Gasteiger partial charge on any atom is -0.329 e. The van der Waals surface area contributed by atoms with E-state index in [0.29, 0.717) is 5.54 Å². The first-order valence-corrected chi connectivity index (χ1v) is 9.63. The van der Waals surface area contributed by atoms with Gasteiger partial charge in [0.15, 0.2) is 0 Å². The van der Waals surface area contributed by atoms with Crippen molar-refractivity contribution in [2.45, 2.75) is 89.6 Å². The zero-order valence-corrected chi connectivity index (χ0v) is 14.3. The van der Waals surface area contributed by atoms with E-state index < -0.39 is 0 Å². The molecule has 3 unspecified atom stereocenters. The van der Waals surface area contributed by atoms with Gasteiger partial charge in [-0.25, -0.2) is 0 Å². The van der Waals surface area contributed by atoms with Gasteiger partial charge in [-0.05, 0) is 62.8 Å². The minimum absolute atomic E-state index is 0.344. The normalized spacial score (nSPS) is 39.4. The van der Waals surface area contributed by atoms with Gasteiger partial charge in [-0.1, -0.05) is 39.5 Å². The standard InChI is InChI=1S/C19H36N2/c1-15(2)17-9-5-11-19(13-17,14-20)21-12-6-10-18(21)16-7-3-4-8-16/h15-18H,3-14,20H2,1-2H3. The van der Waals surface area contributed by atoms with E-state index >= 15 is 0 Å². The second-order valence-corrected chi connectivity index (χ2v) is 8.48. The second-order valence-electron chi connectivity index (χ2n) is 8.48. The topological polar surface area (TPSA) is 29.3 Å². The molecule has 1 heterocycles. The lowest BCUT2D eigenvalue weighted by atomic mass is 9.70. The average molecular weight is 293 g/mol. The van der Waals surface area contributed by atoms with Crippen molar-refractivity contribution < 1.29 is 0 Å².